The zero-order valence-electron chi connectivity index (χ0n) is 9.66. The van der Waals surface area contributed by atoms with Crippen molar-refractivity contribution in [2.75, 3.05) is 20.3 Å². The fourth-order valence-corrected chi connectivity index (χ4v) is 2.05. The minimum Gasteiger partial charge on any atom is -0.389 e. The number of hydrogen-bond donors (Lipinski definition) is 2. The molecule has 0 bridgehead atoms. The SMILES string of the molecule is COC[C@@H](O)CNCc1ccc(C)cc1Br. The Bertz CT molecular complexity index is 331. The van der Waals surface area contributed by atoms with E-state index in [9.17, 15) is 5.11 Å². The minimum atomic E-state index is -0.450. The first-order chi connectivity index (χ1) is 7.63. The molecule has 0 radical (unpaired) electrons. The Morgan fingerprint density at radius 1 is 1.50 bits per heavy atom. The summed E-state index contributed by atoms with van der Waals surface area (Å²) in [5.41, 5.74) is 2.42. The van der Waals surface area contributed by atoms with Gasteiger partial charge in [0.2, 0.25) is 0 Å². The van der Waals surface area contributed by atoms with Gasteiger partial charge in [-0.25, -0.2) is 0 Å². The molecule has 1 rings (SSSR count). The van der Waals surface area contributed by atoms with E-state index in [0.29, 0.717) is 13.2 Å². The maximum absolute atomic E-state index is 9.44. The van der Waals surface area contributed by atoms with Crippen molar-refractivity contribution in [3.8, 4) is 0 Å². The number of aliphatic hydroxyl groups excluding tert-OH is 1. The highest BCUT2D eigenvalue weighted by atomic mass is 79.9. The lowest BCUT2D eigenvalue weighted by molar-refractivity contribution is 0.0644. The van der Waals surface area contributed by atoms with Crippen molar-refractivity contribution in [3.05, 3.63) is 33.8 Å². The molecule has 0 aliphatic carbocycles. The number of ether oxygens (including phenoxy) is 1. The van der Waals surface area contributed by atoms with Gasteiger partial charge in [0.1, 0.15) is 0 Å². The maximum Gasteiger partial charge on any atom is 0.0897 e. The third-order valence-electron chi connectivity index (χ3n) is 2.26. The topological polar surface area (TPSA) is 41.5 Å². The highest BCUT2D eigenvalue weighted by Gasteiger charge is 2.04. The molecule has 4 heteroatoms. The summed E-state index contributed by atoms with van der Waals surface area (Å²) >= 11 is 3.52. The first kappa shape index (κ1) is 13.6. The first-order valence-electron chi connectivity index (χ1n) is 5.26. The number of nitrogens with one attached hydrogen (secondary N) is 1. The summed E-state index contributed by atoms with van der Waals surface area (Å²) < 4.78 is 5.94. The number of hydrogen-bond acceptors (Lipinski definition) is 3. The highest BCUT2D eigenvalue weighted by molar-refractivity contribution is 9.10. The van der Waals surface area contributed by atoms with Crippen molar-refractivity contribution in [1.82, 2.24) is 5.32 Å². The summed E-state index contributed by atoms with van der Waals surface area (Å²) in [6, 6.07) is 6.24. The molecule has 0 fully saturated rings. The van der Waals surface area contributed by atoms with Crippen molar-refractivity contribution in [1.29, 1.82) is 0 Å². The zero-order chi connectivity index (χ0) is 12.0. The van der Waals surface area contributed by atoms with E-state index in [2.05, 4.69) is 46.4 Å². The van der Waals surface area contributed by atoms with Gasteiger partial charge in [0.05, 0.1) is 12.7 Å². The van der Waals surface area contributed by atoms with E-state index >= 15 is 0 Å². The molecule has 0 amide bonds. The summed E-state index contributed by atoms with van der Waals surface area (Å²) in [6.45, 7) is 3.70. The molecular formula is C12H18BrNO2. The average Bonchev–Trinajstić information content (AvgIpc) is 2.22. The van der Waals surface area contributed by atoms with Gasteiger partial charge in [-0.05, 0) is 24.1 Å². The number of benzene rings is 1. The van der Waals surface area contributed by atoms with Gasteiger partial charge in [0, 0.05) is 24.7 Å². The second-order valence-electron chi connectivity index (χ2n) is 3.83. The molecule has 0 spiro atoms. The molecule has 0 aliphatic rings. The maximum atomic E-state index is 9.44. The van der Waals surface area contributed by atoms with E-state index in [0.717, 1.165) is 11.0 Å². The summed E-state index contributed by atoms with van der Waals surface area (Å²) in [7, 11) is 1.58. The number of halogens is 1. The molecule has 0 aliphatic heterocycles. The Hall–Kier alpha value is -0.420. The van der Waals surface area contributed by atoms with Gasteiger partial charge in [-0.2, -0.15) is 0 Å². The van der Waals surface area contributed by atoms with Crippen LogP contribution in [0.15, 0.2) is 22.7 Å². The smallest absolute Gasteiger partial charge is 0.0897 e. The van der Waals surface area contributed by atoms with Crippen molar-refractivity contribution >= 4 is 15.9 Å². The van der Waals surface area contributed by atoms with Crippen LogP contribution in [-0.4, -0.2) is 31.5 Å². The monoisotopic (exact) mass is 287 g/mol. The van der Waals surface area contributed by atoms with Gasteiger partial charge in [-0.1, -0.05) is 28.1 Å². The number of rotatable bonds is 6. The van der Waals surface area contributed by atoms with Crippen LogP contribution in [-0.2, 0) is 11.3 Å². The van der Waals surface area contributed by atoms with Crippen LogP contribution in [0.5, 0.6) is 0 Å². The molecule has 0 unspecified atom stereocenters. The molecule has 16 heavy (non-hydrogen) atoms. The van der Waals surface area contributed by atoms with E-state index in [1.165, 1.54) is 11.1 Å². The number of methoxy groups -OCH3 is 1. The third-order valence-corrected chi connectivity index (χ3v) is 3.00. The Morgan fingerprint density at radius 2 is 2.25 bits per heavy atom. The molecule has 1 aromatic carbocycles. The molecular weight excluding hydrogens is 270 g/mol. The molecule has 3 nitrogen and oxygen atoms in total. The molecule has 0 heterocycles. The third kappa shape index (κ3) is 4.61. The largest absolute Gasteiger partial charge is 0.389 e. The zero-order valence-corrected chi connectivity index (χ0v) is 11.3. The van der Waals surface area contributed by atoms with Crippen LogP contribution in [0.1, 0.15) is 11.1 Å². The van der Waals surface area contributed by atoms with Crippen LogP contribution < -0.4 is 5.32 Å². The average molecular weight is 288 g/mol. The molecule has 0 saturated heterocycles. The van der Waals surface area contributed by atoms with E-state index in [1.807, 2.05) is 0 Å². The van der Waals surface area contributed by atoms with Crippen molar-refractivity contribution in [2.45, 2.75) is 19.6 Å². The van der Waals surface area contributed by atoms with E-state index < -0.39 is 6.10 Å². The van der Waals surface area contributed by atoms with Gasteiger partial charge < -0.3 is 15.2 Å². The Balaban J connectivity index is 2.37. The van der Waals surface area contributed by atoms with Crippen LogP contribution in [0, 0.1) is 6.92 Å². The molecule has 1 atom stereocenters. The van der Waals surface area contributed by atoms with E-state index in [1.54, 1.807) is 7.11 Å². The van der Waals surface area contributed by atoms with E-state index in [4.69, 9.17) is 4.74 Å². The molecule has 1 aromatic rings. The van der Waals surface area contributed by atoms with Crippen molar-refractivity contribution in [2.24, 2.45) is 0 Å². The highest BCUT2D eigenvalue weighted by Crippen LogP contribution is 2.17. The predicted molar refractivity (Wildman–Crippen MR) is 68.5 cm³/mol. The van der Waals surface area contributed by atoms with Crippen molar-refractivity contribution < 1.29 is 9.84 Å². The van der Waals surface area contributed by atoms with Crippen LogP contribution in [0.25, 0.3) is 0 Å². The lowest BCUT2D eigenvalue weighted by Crippen LogP contribution is -2.29. The van der Waals surface area contributed by atoms with Crippen LogP contribution >= 0.6 is 15.9 Å². The summed E-state index contributed by atoms with van der Waals surface area (Å²) in [5.74, 6) is 0. The summed E-state index contributed by atoms with van der Waals surface area (Å²) in [4.78, 5) is 0. The second kappa shape index (κ2) is 7.01. The Kier molecular flexibility index (Phi) is 5.98. The standard InChI is InChI=1S/C12H18BrNO2/c1-9-3-4-10(12(13)5-9)6-14-7-11(15)8-16-2/h3-5,11,14-15H,6-8H2,1-2H3/t11-/m0/s1. The number of aryl methyl sites for hydroxylation is 1. The fraction of sp³-hybridized carbons (Fsp3) is 0.500. The summed E-state index contributed by atoms with van der Waals surface area (Å²) in [6.07, 6.45) is -0.450. The van der Waals surface area contributed by atoms with Gasteiger partial charge in [-0.15, -0.1) is 0 Å². The second-order valence-corrected chi connectivity index (χ2v) is 4.69. The van der Waals surface area contributed by atoms with Gasteiger partial charge >= 0.3 is 0 Å². The van der Waals surface area contributed by atoms with Crippen molar-refractivity contribution in [3.63, 3.8) is 0 Å². The molecule has 90 valence electrons. The van der Waals surface area contributed by atoms with Crippen LogP contribution in [0.4, 0.5) is 0 Å². The lowest BCUT2D eigenvalue weighted by atomic mass is 10.1. The first-order valence-corrected chi connectivity index (χ1v) is 6.05. The number of aliphatic hydroxyl groups is 1. The van der Waals surface area contributed by atoms with Crippen LogP contribution in [0.3, 0.4) is 0 Å². The molecule has 0 saturated carbocycles. The Labute approximate surface area is 105 Å². The minimum absolute atomic E-state index is 0.363. The summed E-state index contributed by atoms with van der Waals surface area (Å²) in [5, 5.41) is 12.6. The van der Waals surface area contributed by atoms with Gasteiger partial charge in [0.15, 0.2) is 0 Å². The fourth-order valence-electron chi connectivity index (χ4n) is 1.42. The van der Waals surface area contributed by atoms with Crippen LogP contribution in [0.2, 0.25) is 0 Å². The van der Waals surface area contributed by atoms with E-state index in [-0.39, 0.29) is 0 Å². The normalized spacial score (nSPS) is 12.8. The van der Waals surface area contributed by atoms with Gasteiger partial charge in [0.25, 0.3) is 0 Å². The quantitative estimate of drug-likeness (QED) is 0.839. The predicted octanol–water partition coefficient (Wildman–Crippen LogP) is 1.85. The molecule has 0 aromatic heterocycles. The lowest BCUT2D eigenvalue weighted by Gasteiger charge is -2.11. The van der Waals surface area contributed by atoms with Gasteiger partial charge in [-0.3, -0.25) is 0 Å². The molecule has 2 N–H and O–H groups in total. The Morgan fingerprint density at radius 3 is 2.88 bits per heavy atom.